The lowest BCUT2D eigenvalue weighted by molar-refractivity contribution is 0.972. The summed E-state index contributed by atoms with van der Waals surface area (Å²) in [5, 5.41) is 0.470. The number of nitrogens with one attached hydrogen (secondary N) is 1. The molecule has 0 saturated heterocycles. The molecule has 0 atom stereocenters. The minimum Gasteiger partial charge on any atom is -0.273 e. The number of aromatic amines is 1. The lowest BCUT2D eigenvalue weighted by Gasteiger charge is -2.07. The van der Waals surface area contributed by atoms with Crippen LogP contribution >= 0.6 is 11.6 Å². The Balaban J connectivity index is 2.52. The molecule has 5 heteroatoms. The molecule has 94 valence electrons. The van der Waals surface area contributed by atoms with Gasteiger partial charge in [0.2, 0.25) is 0 Å². The molecule has 0 radical (unpaired) electrons. The average Bonchev–Trinajstić information content (AvgIpc) is 2.41. The van der Waals surface area contributed by atoms with Gasteiger partial charge in [-0.25, -0.2) is 4.79 Å². The molecule has 19 heavy (non-hydrogen) atoms. The molecule has 2 heterocycles. The van der Waals surface area contributed by atoms with Gasteiger partial charge < -0.3 is 0 Å². The van der Waals surface area contributed by atoms with Gasteiger partial charge in [0.25, 0.3) is 5.56 Å². The number of pyridine rings is 1. The lowest BCUT2D eigenvalue weighted by Crippen LogP contribution is -2.27. The van der Waals surface area contributed by atoms with Gasteiger partial charge in [0.1, 0.15) is 0 Å². The zero-order chi connectivity index (χ0) is 13.4. The highest BCUT2D eigenvalue weighted by atomic mass is 35.5. The van der Waals surface area contributed by atoms with E-state index in [0.717, 1.165) is 0 Å². The van der Waals surface area contributed by atoms with Gasteiger partial charge in [0.15, 0.2) is 0 Å². The summed E-state index contributed by atoms with van der Waals surface area (Å²) >= 11 is 6.13. The first kappa shape index (κ1) is 11.7. The number of benzene rings is 1. The van der Waals surface area contributed by atoms with Crippen LogP contribution in [0.4, 0.5) is 0 Å². The number of nitrogens with zero attached hydrogens (tertiary/aromatic N) is 1. The maximum Gasteiger partial charge on any atom is 0.332 e. The molecule has 0 aliphatic rings. The number of halogens is 1. The highest BCUT2D eigenvalue weighted by molar-refractivity contribution is 6.33. The van der Waals surface area contributed by atoms with Crippen molar-refractivity contribution in [3.8, 4) is 11.1 Å². The summed E-state index contributed by atoms with van der Waals surface area (Å²) in [5.41, 5.74) is 0.630. The molecule has 1 N–H and O–H groups in total. The third-order valence-corrected chi connectivity index (χ3v) is 3.26. The van der Waals surface area contributed by atoms with E-state index in [4.69, 9.17) is 11.6 Å². The first-order valence-corrected chi connectivity index (χ1v) is 6.05. The predicted molar refractivity (Wildman–Crippen MR) is 74.7 cm³/mol. The van der Waals surface area contributed by atoms with Gasteiger partial charge in [0, 0.05) is 16.8 Å². The molecule has 0 spiro atoms. The third kappa shape index (κ3) is 1.86. The molecular formula is C14H9ClN2O2. The van der Waals surface area contributed by atoms with Crippen LogP contribution in [0.3, 0.4) is 0 Å². The maximum atomic E-state index is 12.1. The van der Waals surface area contributed by atoms with Crippen molar-refractivity contribution in [2.45, 2.75) is 0 Å². The van der Waals surface area contributed by atoms with Crippen LogP contribution in [-0.2, 0) is 0 Å². The molecule has 0 bridgehead atoms. The number of H-pyrrole nitrogens is 1. The highest BCUT2D eigenvalue weighted by Crippen LogP contribution is 2.27. The van der Waals surface area contributed by atoms with Crippen molar-refractivity contribution >= 4 is 17.1 Å². The lowest BCUT2D eigenvalue weighted by atomic mass is 10.1. The predicted octanol–water partition coefficient (Wildman–Crippen LogP) is 2.31. The Morgan fingerprint density at radius 3 is 2.53 bits per heavy atom. The van der Waals surface area contributed by atoms with Gasteiger partial charge in [-0.15, -0.1) is 0 Å². The van der Waals surface area contributed by atoms with Gasteiger partial charge in [-0.2, -0.15) is 0 Å². The second-order valence-electron chi connectivity index (χ2n) is 4.07. The van der Waals surface area contributed by atoms with E-state index in [0.29, 0.717) is 21.7 Å². The molecule has 0 saturated carbocycles. The first-order valence-electron chi connectivity index (χ1n) is 5.67. The van der Waals surface area contributed by atoms with Crippen molar-refractivity contribution in [3.63, 3.8) is 0 Å². The van der Waals surface area contributed by atoms with E-state index in [1.165, 1.54) is 4.40 Å². The van der Waals surface area contributed by atoms with E-state index >= 15 is 0 Å². The standard InChI is InChI=1S/C14H9ClN2O2/c15-10-6-2-1-5-9(10)12-11-7-3-4-8-17(11)14(19)16-13(12)18/h1-8H,(H,16,18,19). The van der Waals surface area contributed by atoms with E-state index in [1.54, 1.807) is 48.7 Å². The molecule has 3 rings (SSSR count). The summed E-state index contributed by atoms with van der Waals surface area (Å²) < 4.78 is 1.39. The molecule has 0 unspecified atom stereocenters. The van der Waals surface area contributed by atoms with Crippen LogP contribution in [0.1, 0.15) is 0 Å². The van der Waals surface area contributed by atoms with Crippen molar-refractivity contribution < 1.29 is 0 Å². The summed E-state index contributed by atoms with van der Waals surface area (Å²) in [6.07, 6.45) is 1.61. The van der Waals surface area contributed by atoms with E-state index in [9.17, 15) is 9.59 Å². The van der Waals surface area contributed by atoms with Gasteiger partial charge >= 0.3 is 5.69 Å². The van der Waals surface area contributed by atoms with E-state index < -0.39 is 11.2 Å². The topological polar surface area (TPSA) is 54.3 Å². The smallest absolute Gasteiger partial charge is 0.273 e. The van der Waals surface area contributed by atoms with Crippen molar-refractivity contribution in [1.82, 2.24) is 9.38 Å². The molecule has 0 aliphatic heterocycles. The van der Waals surface area contributed by atoms with Crippen molar-refractivity contribution in [3.05, 3.63) is 74.5 Å². The minimum atomic E-state index is -0.462. The number of rotatable bonds is 1. The fourth-order valence-corrected chi connectivity index (χ4v) is 2.31. The van der Waals surface area contributed by atoms with Crippen LogP contribution in [0.5, 0.6) is 0 Å². The Kier molecular flexibility index (Phi) is 2.72. The molecule has 3 aromatic rings. The summed E-state index contributed by atoms with van der Waals surface area (Å²) in [5.74, 6) is 0. The zero-order valence-corrected chi connectivity index (χ0v) is 10.5. The SMILES string of the molecule is O=c1[nH]c(=O)n2ccccc2c1-c1ccccc1Cl. The van der Waals surface area contributed by atoms with Gasteiger partial charge in [-0.1, -0.05) is 35.9 Å². The average molecular weight is 273 g/mol. The maximum absolute atomic E-state index is 12.1. The Labute approximate surface area is 112 Å². The fourth-order valence-electron chi connectivity index (χ4n) is 2.08. The van der Waals surface area contributed by atoms with Gasteiger partial charge in [-0.3, -0.25) is 14.2 Å². The summed E-state index contributed by atoms with van der Waals surface area (Å²) in [4.78, 5) is 26.1. The Bertz CT molecular complexity index is 880. The second kappa shape index (κ2) is 4.40. The quantitative estimate of drug-likeness (QED) is 0.739. The molecule has 4 nitrogen and oxygen atoms in total. The highest BCUT2D eigenvalue weighted by Gasteiger charge is 2.12. The molecule has 0 amide bonds. The number of hydrogen-bond acceptors (Lipinski definition) is 2. The number of fused-ring (bicyclic) bond motifs is 1. The molecule has 2 aromatic heterocycles. The summed E-state index contributed by atoms with van der Waals surface area (Å²) in [7, 11) is 0. The van der Waals surface area contributed by atoms with Crippen LogP contribution in [0.25, 0.3) is 16.6 Å². The Morgan fingerprint density at radius 1 is 1.00 bits per heavy atom. The Morgan fingerprint density at radius 2 is 1.74 bits per heavy atom. The van der Waals surface area contributed by atoms with Crippen LogP contribution in [0, 0.1) is 0 Å². The largest absolute Gasteiger partial charge is 0.332 e. The first-order chi connectivity index (χ1) is 9.18. The second-order valence-corrected chi connectivity index (χ2v) is 4.48. The van der Waals surface area contributed by atoms with Gasteiger partial charge in [0.05, 0.1) is 11.1 Å². The van der Waals surface area contributed by atoms with Crippen LogP contribution in [-0.4, -0.2) is 9.38 Å². The summed E-state index contributed by atoms with van der Waals surface area (Å²) in [6, 6.07) is 12.3. The minimum absolute atomic E-state index is 0.394. The Hall–Kier alpha value is -2.33. The van der Waals surface area contributed by atoms with E-state index in [-0.39, 0.29) is 0 Å². The molecule has 0 aliphatic carbocycles. The number of aromatic nitrogens is 2. The van der Waals surface area contributed by atoms with E-state index in [2.05, 4.69) is 4.98 Å². The monoisotopic (exact) mass is 272 g/mol. The van der Waals surface area contributed by atoms with Crippen LogP contribution in [0.2, 0.25) is 5.02 Å². The third-order valence-electron chi connectivity index (χ3n) is 2.93. The van der Waals surface area contributed by atoms with E-state index in [1.807, 2.05) is 0 Å². The van der Waals surface area contributed by atoms with Gasteiger partial charge in [-0.05, 0) is 18.2 Å². The molecule has 0 fully saturated rings. The fraction of sp³-hybridized carbons (Fsp3) is 0. The van der Waals surface area contributed by atoms with Crippen molar-refractivity contribution in [1.29, 1.82) is 0 Å². The van der Waals surface area contributed by atoms with Crippen molar-refractivity contribution in [2.75, 3.05) is 0 Å². The normalized spacial score (nSPS) is 10.8. The van der Waals surface area contributed by atoms with Crippen molar-refractivity contribution in [2.24, 2.45) is 0 Å². The molecular weight excluding hydrogens is 264 g/mol. The molecule has 1 aromatic carbocycles. The van der Waals surface area contributed by atoms with Crippen LogP contribution < -0.4 is 11.2 Å². The van der Waals surface area contributed by atoms with Crippen LogP contribution in [0.15, 0.2) is 58.3 Å². The number of hydrogen-bond donors (Lipinski definition) is 1. The zero-order valence-electron chi connectivity index (χ0n) is 9.76. The summed E-state index contributed by atoms with van der Waals surface area (Å²) in [6.45, 7) is 0.